The fourth-order valence-corrected chi connectivity index (χ4v) is 6.65. The lowest BCUT2D eigenvalue weighted by Gasteiger charge is -2.46. The molecule has 4 rings (SSSR count). The maximum absolute atomic E-state index is 11.8. The van der Waals surface area contributed by atoms with Crippen LogP contribution >= 0.6 is 22.9 Å². The van der Waals surface area contributed by atoms with Crippen molar-refractivity contribution >= 4 is 28.9 Å². The van der Waals surface area contributed by atoms with Crippen LogP contribution in [0.1, 0.15) is 59.7 Å². The molecule has 1 aliphatic heterocycles. The number of halogens is 1. The summed E-state index contributed by atoms with van der Waals surface area (Å²) in [6.07, 6.45) is 6.66. The molecule has 2 fully saturated rings. The van der Waals surface area contributed by atoms with Gasteiger partial charge in [0, 0.05) is 40.6 Å². The summed E-state index contributed by atoms with van der Waals surface area (Å²) >= 11 is 7.97. The first-order valence-electron chi connectivity index (χ1n) is 13.4. The summed E-state index contributed by atoms with van der Waals surface area (Å²) in [4.78, 5) is 20.5. The van der Waals surface area contributed by atoms with E-state index in [4.69, 9.17) is 37.6 Å². The molecule has 8 nitrogen and oxygen atoms in total. The van der Waals surface area contributed by atoms with Gasteiger partial charge in [-0.3, -0.25) is 9.69 Å². The monoisotopic (exact) mass is 561 g/mol. The minimum atomic E-state index is -0.393. The third-order valence-electron chi connectivity index (χ3n) is 7.58. The molecule has 2 aliphatic rings. The summed E-state index contributed by atoms with van der Waals surface area (Å²) in [7, 11) is 0. The van der Waals surface area contributed by atoms with Crippen LogP contribution in [0.4, 0.5) is 0 Å². The van der Waals surface area contributed by atoms with Gasteiger partial charge in [-0.2, -0.15) is 0 Å². The zero-order valence-corrected chi connectivity index (χ0v) is 24.1. The third-order valence-corrected chi connectivity index (χ3v) is 9.07. The molecule has 2 heterocycles. The van der Waals surface area contributed by atoms with E-state index in [0.29, 0.717) is 37.4 Å². The highest BCUT2D eigenvalue weighted by atomic mass is 35.5. The second kappa shape index (κ2) is 13.3. The largest absolute Gasteiger partial charge is 0.465 e. The summed E-state index contributed by atoms with van der Waals surface area (Å²) in [5.74, 6) is 6.15. The van der Waals surface area contributed by atoms with Gasteiger partial charge >= 0.3 is 5.97 Å². The van der Waals surface area contributed by atoms with Crippen molar-refractivity contribution in [2.75, 3.05) is 26.3 Å². The van der Waals surface area contributed by atoms with E-state index in [9.17, 15) is 4.79 Å². The van der Waals surface area contributed by atoms with Crippen LogP contribution in [0.2, 0.25) is 5.02 Å². The van der Waals surface area contributed by atoms with E-state index >= 15 is 0 Å². The van der Waals surface area contributed by atoms with Gasteiger partial charge in [0.15, 0.2) is 0 Å². The molecule has 0 amide bonds. The van der Waals surface area contributed by atoms with Crippen molar-refractivity contribution in [2.45, 2.75) is 77.0 Å². The van der Waals surface area contributed by atoms with Crippen LogP contribution < -0.4 is 11.6 Å². The molecule has 38 heavy (non-hydrogen) atoms. The standard InChI is InChI=1S/C28H40ClN5O3S/c1-4-36-27(35)16-33(31)14-25(30)26-15-34(24(17-37-26)13-20-5-9-22(29)10-6-20)23-11-7-21(8-12-23)28-32-18(2)19(3)38-28/h5-6,9-10,14,21,23-24,26H,4,7-8,11-13,15-17,30-31H2,1-3H3/b25-14-. The summed E-state index contributed by atoms with van der Waals surface area (Å²) in [5, 5.41) is 3.29. The molecule has 4 N–H and O–H groups in total. The second-order valence-electron chi connectivity index (χ2n) is 10.3. The zero-order chi connectivity index (χ0) is 27.2. The van der Waals surface area contributed by atoms with Crippen molar-refractivity contribution in [2.24, 2.45) is 11.6 Å². The van der Waals surface area contributed by atoms with Gasteiger partial charge in [-0.1, -0.05) is 23.7 Å². The Balaban J connectivity index is 1.45. The van der Waals surface area contributed by atoms with Crippen LogP contribution in [0.25, 0.3) is 0 Å². The number of aromatic nitrogens is 1. The van der Waals surface area contributed by atoms with E-state index in [0.717, 1.165) is 42.8 Å². The molecule has 1 saturated heterocycles. The fourth-order valence-electron chi connectivity index (χ4n) is 5.44. The Morgan fingerprint density at radius 1 is 1.26 bits per heavy atom. The number of hydrazine groups is 1. The molecule has 0 bridgehead atoms. The van der Waals surface area contributed by atoms with Crippen molar-refractivity contribution in [3.63, 3.8) is 0 Å². The number of esters is 1. The van der Waals surface area contributed by atoms with Gasteiger partial charge in [0.25, 0.3) is 0 Å². The Morgan fingerprint density at radius 3 is 2.61 bits per heavy atom. The highest BCUT2D eigenvalue weighted by molar-refractivity contribution is 7.11. The molecule has 1 aromatic carbocycles. The fraction of sp³-hybridized carbons (Fsp3) is 0.571. The van der Waals surface area contributed by atoms with Crippen LogP contribution in [-0.2, 0) is 20.7 Å². The lowest BCUT2D eigenvalue weighted by atomic mass is 9.84. The number of ether oxygens (including phenoxy) is 2. The maximum atomic E-state index is 11.8. The van der Waals surface area contributed by atoms with Crippen molar-refractivity contribution in [1.82, 2.24) is 14.9 Å². The Bertz CT molecular complexity index is 1080. The van der Waals surface area contributed by atoms with E-state index in [1.165, 1.54) is 20.5 Å². The molecule has 1 saturated carbocycles. The number of morpholine rings is 1. The molecule has 2 aromatic rings. The SMILES string of the molecule is CCOC(=O)CN(N)/C=C(\N)C1CN(C2CCC(c3nc(C)c(C)s3)CC2)C(Cc2ccc(Cl)cc2)CO1. The Kier molecular flexibility index (Phi) is 10.1. The summed E-state index contributed by atoms with van der Waals surface area (Å²) in [6.45, 7) is 7.51. The molecule has 2 unspecified atom stereocenters. The van der Waals surface area contributed by atoms with Crippen molar-refractivity contribution < 1.29 is 14.3 Å². The van der Waals surface area contributed by atoms with Gasteiger partial charge < -0.3 is 20.2 Å². The van der Waals surface area contributed by atoms with Crippen LogP contribution in [0.5, 0.6) is 0 Å². The maximum Gasteiger partial charge on any atom is 0.327 e. The van der Waals surface area contributed by atoms with Crippen LogP contribution in [-0.4, -0.2) is 65.4 Å². The molecular weight excluding hydrogens is 522 g/mol. The molecule has 10 heteroatoms. The van der Waals surface area contributed by atoms with Gasteiger partial charge in [0.05, 0.1) is 29.6 Å². The summed E-state index contributed by atoms with van der Waals surface area (Å²) < 4.78 is 11.2. The highest BCUT2D eigenvalue weighted by Crippen LogP contribution is 2.38. The average molecular weight is 562 g/mol. The number of nitrogens with two attached hydrogens (primary N) is 2. The van der Waals surface area contributed by atoms with E-state index < -0.39 is 5.97 Å². The zero-order valence-electron chi connectivity index (χ0n) is 22.6. The summed E-state index contributed by atoms with van der Waals surface area (Å²) in [5.41, 5.74) is 9.34. The minimum absolute atomic E-state index is 0.0656. The smallest absolute Gasteiger partial charge is 0.327 e. The van der Waals surface area contributed by atoms with Crippen LogP contribution in [0.15, 0.2) is 36.2 Å². The van der Waals surface area contributed by atoms with Crippen LogP contribution in [0, 0.1) is 13.8 Å². The van der Waals surface area contributed by atoms with Gasteiger partial charge in [-0.25, -0.2) is 10.8 Å². The number of nitrogens with zero attached hydrogens (tertiary/aromatic N) is 3. The second-order valence-corrected chi connectivity index (χ2v) is 12.0. The Labute approximate surface area is 234 Å². The molecule has 208 valence electrons. The number of benzene rings is 1. The van der Waals surface area contributed by atoms with Gasteiger partial charge in [-0.05, 0) is 70.6 Å². The number of thiazole rings is 1. The first kappa shape index (κ1) is 28.8. The van der Waals surface area contributed by atoms with Crippen LogP contribution in [0.3, 0.4) is 0 Å². The van der Waals surface area contributed by atoms with E-state index in [2.05, 4.69) is 30.9 Å². The number of hydrogen-bond acceptors (Lipinski definition) is 9. The van der Waals surface area contributed by atoms with Crippen molar-refractivity contribution in [3.05, 3.63) is 62.3 Å². The van der Waals surface area contributed by atoms with Gasteiger partial charge in [0.2, 0.25) is 0 Å². The minimum Gasteiger partial charge on any atom is -0.465 e. The number of carbonyl (C=O) groups is 1. The molecular formula is C28H40ClN5O3S. The molecule has 0 spiro atoms. The predicted octanol–water partition coefficient (Wildman–Crippen LogP) is 4.29. The quantitative estimate of drug-likeness (QED) is 0.265. The van der Waals surface area contributed by atoms with Crippen molar-refractivity contribution in [1.29, 1.82) is 0 Å². The normalized spacial score (nSPS) is 24.8. The first-order chi connectivity index (χ1) is 18.2. The molecule has 2 atom stereocenters. The summed E-state index contributed by atoms with van der Waals surface area (Å²) in [6, 6.07) is 8.74. The van der Waals surface area contributed by atoms with E-state index in [1.807, 2.05) is 23.5 Å². The Hall–Kier alpha value is -2.17. The Morgan fingerprint density at radius 2 is 1.97 bits per heavy atom. The predicted molar refractivity (Wildman–Crippen MR) is 152 cm³/mol. The van der Waals surface area contributed by atoms with Gasteiger partial charge in [0.1, 0.15) is 12.6 Å². The number of aryl methyl sites for hydroxylation is 2. The lowest BCUT2D eigenvalue weighted by molar-refractivity contribution is -0.143. The lowest BCUT2D eigenvalue weighted by Crippen LogP contribution is -2.56. The number of rotatable bonds is 9. The van der Waals surface area contributed by atoms with Crippen molar-refractivity contribution in [3.8, 4) is 0 Å². The number of hydrogen-bond donors (Lipinski definition) is 2. The first-order valence-corrected chi connectivity index (χ1v) is 14.6. The molecule has 1 aromatic heterocycles. The van der Waals surface area contributed by atoms with E-state index in [1.54, 1.807) is 13.1 Å². The van der Waals surface area contributed by atoms with Gasteiger partial charge in [-0.15, -0.1) is 11.3 Å². The topological polar surface area (TPSA) is 107 Å². The third kappa shape index (κ3) is 7.48. The molecule has 1 aliphatic carbocycles. The number of carbonyl (C=O) groups excluding carboxylic acids is 1. The average Bonchev–Trinajstić information content (AvgIpc) is 3.23. The van der Waals surface area contributed by atoms with E-state index in [-0.39, 0.29) is 18.7 Å². The molecule has 0 radical (unpaired) electrons. The highest BCUT2D eigenvalue weighted by Gasteiger charge is 2.37.